The minimum Gasteiger partial charge on any atom is -0.357 e. The molecule has 1 saturated heterocycles. The van der Waals surface area contributed by atoms with Gasteiger partial charge in [-0.15, -0.1) is 0 Å². The Labute approximate surface area is 118 Å². The van der Waals surface area contributed by atoms with Gasteiger partial charge in [0.25, 0.3) is 0 Å². The number of hydrogen-bond acceptors (Lipinski definition) is 7. The van der Waals surface area contributed by atoms with Crippen molar-refractivity contribution in [2.45, 2.75) is 18.9 Å². The normalized spacial score (nSPS) is 19.6. The summed E-state index contributed by atoms with van der Waals surface area (Å²) in [5, 5.41) is 14.0. The van der Waals surface area contributed by atoms with Gasteiger partial charge in [0, 0.05) is 26.7 Å². The molecule has 0 spiro atoms. The molecule has 2 rings (SSSR count). The molecule has 8 heteroatoms. The summed E-state index contributed by atoms with van der Waals surface area (Å²) in [5.41, 5.74) is -0.0558. The second-order valence-corrected chi connectivity index (χ2v) is 5.08. The van der Waals surface area contributed by atoms with Crippen LogP contribution in [0.4, 0.5) is 17.5 Å². The van der Waals surface area contributed by atoms with Gasteiger partial charge < -0.3 is 15.1 Å². The van der Waals surface area contributed by atoms with Crippen LogP contribution in [0, 0.1) is 10.1 Å². The molecule has 0 amide bonds. The second kappa shape index (κ2) is 6.00. The van der Waals surface area contributed by atoms with Crippen molar-refractivity contribution in [2.75, 3.05) is 44.4 Å². The number of nitro groups is 1. The molecule has 1 N–H and O–H groups in total. The van der Waals surface area contributed by atoms with Gasteiger partial charge in [-0.1, -0.05) is 0 Å². The zero-order valence-corrected chi connectivity index (χ0v) is 12.0. The van der Waals surface area contributed by atoms with Crippen LogP contribution in [-0.4, -0.2) is 60.1 Å². The minimum atomic E-state index is -0.433. The number of piperidine rings is 1. The fraction of sp³-hybridized carbons (Fsp3) is 0.667. The van der Waals surface area contributed by atoms with Crippen LogP contribution < -0.4 is 10.2 Å². The molecule has 0 aromatic carbocycles. The molecule has 0 bridgehead atoms. The van der Waals surface area contributed by atoms with Gasteiger partial charge in [-0.05, 0) is 26.4 Å². The number of nitrogens with one attached hydrogen (secondary N) is 1. The molecule has 20 heavy (non-hydrogen) atoms. The predicted molar refractivity (Wildman–Crippen MR) is 77.2 cm³/mol. The molecule has 8 nitrogen and oxygen atoms in total. The molecule has 0 saturated carbocycles. The summed E-state index contributed by atoms with van der Waals surface area (Å²) in [7, 11) is 5.62. The molecular weight excluding hydrogens is 260 g/mol. The average Bonchev–Trinajstić information content (AvgIpc) is 2.45. The SMILES string of the molecule is CNc1ncc([N+](=O)[O-])c(N(C)C2CCCN(C)C2)n1. The lowest BCUT2D eigenvalue weighted by Crippen LogP contribution is -2.45. The molecule has 110 valence electrons. The number of nitrogens with zero attached hydrogens (tertiary/aromatic N) is 5. The molecule has 1 aliphatic rings. The largest absolute Gasteiger partial charge is 0.357 e. The van der Waals surface area contributed by atoms with E-state index in [1.807, 2.05) is 11.9 Å². The third-order valence-corrected chi connectivity index (χ3v) is 3.65. The maximum atomic E-state index is 11.1. The van der Waals surface area contributed by atoms with E-state index in [2.05, 4.69) is 27.2 Å². The Morgan fingerprint density at radius 2 is 2.35 bits per heavy atom. The van der Waals surface area contributed by atoms with Gasteiger partial charge in [0.2, 0.25) is 11.8 Å². The van der Waals surface area contributed by atoms with Crippen molar-refractivity contribution >= 4 is 17.5 Å². The van der Waals surface area contributed by atoms with E-state index in [9.17, 15) is 10.1 Å². The van der Waals surface area contributed by atoms with Crippen LogP contribution in [0.5, 0.6) is 0 Å². The van der Waals surface area contributed by atoms with E-state index in [1.54, 1.807) is 7.05 Å². The summed E-state index contributed by atoms with van der Waals surface area (Å²) in [6, 6.07) is 0.229. The molecule has 0 aliphatic carbocycles. The summed E-state index contributed by atoms with van der Waals surface area (Å²) in [4.78, 5) is 23.0. The van der Waals surface area contributed by atoms with Crippen LogP contribution in [0.15, 0.2) is 6.20 Å². The van der Waals surface area contributed by atoms with E-state index in [0.717, 1.165) is 25.9 Å². The first-order valence-corrected chi connectivity index (χ1v) is 6.63. The van der Waals surface area contributed by atoms with E-state index in [1.165, 1.54) is 6.20 Å². The summed E-state index contributed by atoms with van der Waals surface area (Å²) >= 11 is 0. The molecular formula is C12H20N6O2. The fourth-order valence-corrected chi connectivity index (χ4v) is 2.50. The lowest BCUT2D eigenvalue weighted by Gasteiger charge is -2.36. The fourth-order valence-electron chi connectivity index (χ4n) is 2.50. The first-order chi connectivity index (χ1) is 9.52. The Morgan fingerprint density at radius 3 is 2.95 bits per heavy atom. The van der Waals surface area contributed by atoms with Crippen LogP contribution >= 0.6 is 0 Å². The highest BCUT2D eigenvalue weighted by Crippen LogP contribution is 2.28. The molecule has 1 fully saturated rings. The minimum absolute atomic E-state index is 0.0558. The summed E-state index contributed by atoms with van der Waals surface area (Å²) in [5.74, 6) is 0.760. The highest BCUT2D eigenvalue weighted by atomic mass is 16.6. The molecule has 1 aromatic heterocycles. The molecule has 0 radical (unpaired) electrons. The summed E-state index contributed by atoms with van der Waals surface area (Å²) < 4.78 is 0. The number of rotatable bonds is 4. The van der Waals surface area contributed by atoms with Crippen LogP contribution in [0.1, 0.15) is 12.8 Å². The van der Waals surface area contributed by atoms with Crippen molar-refractivity contribution in [1.82, 2.24) is 14.9 Å². The van der Waals surface area contributed by atoms with Crippen LogP contribution in [0.3, 0.4) is 0 Å². The van der Waals surface area contributed by atoms with E-state index in [-0.39, 0.29) is 11.7 Å². The third kappa shape index (κ3) is 2.96. The van der Waals surface area contributed by atoms with Gasteiger partial charge in [0.15, 0.2) is 0 Å². The van der Waals surface area contributed by atoms with Crippen molar-refractivity contribution in [1.29, 1.82) is 0 Å². The Kier molecular flexibility index (Phi) is 4.33. The maximum absolute atomic E-state index is 11.1. The Balaban J connectivity index is 2.31. The van der Waals surface area contributed by atoms with Crippen molar-refractivity contribution < 1.29 is 4.92 Å². The first kappa shape index (κ1) is 14.4. The van der Waals surface area contributed by atoms with E-state index >= 15 is 0 Å². The smallest absolute Gasteiger partial charge is 0.329 e. The van der Waals surface area contributed by atoms with E-state index in [0.29, 0.717) is 11.8 Å². The van der Waals surface area contributed by atoms with Crippen LogP contribution in [-0.2, 0) is 0 Å². The Morgan fingerprint density at radius 1 is 1.60 bits per heavy atom. The maximum Gasteiger partial charge on any atom is 0.329 e. The zero-order valence-electron chi connectivity index (χ0n) is 12.0. The van der Waals surface area contributed by atoms with Crippen LogP contribution in [0.2, 0.25) is 0 Å². The number of hydrogen-bond donors (Lipinski definition) is 1. The van der Waals surface area contributed by atoms with Gasteiger partial charge in [0.1, 0.15) is 6.20 Å². The first-order valence-electron chi connectivity index (χ1n) is 6.63. The number of likely N-dealkylation sites (N-methyl/N-ethyl adjacent to an activating group) is 2. The molecule has 1 aromatic rings. The van der Waals surface area contributed by atoms with Crippen molar-refractivity contribution in [3.8, 4) is 0 Å². The molecule has 1 atom stereocenters. The Bertz CT molecular complexity index is 495. The number of aromatic nitrogens is 2. The molecule has 1 aliphatic heterocycles. The average molecular weight is 280 g/mol. The van der Waals surface area contributed by atoms with Gasteiger partial charge >= 0.3 is 5.69 Å². The van der Waals surface area contributed by atoms with Gasteiger partial charge in [-0.3, -0.25) is 10.1 Å². The number of anilines is 2. The summed E-state index contributed by atoms with van der Waals surface area (Å²) in [6.45, 7) is 1.95. The predicted octanol–water partition coefficient (Wildman–Crippen LogP) is 0.957. The highest BCUT2D eigenvalue weighted by molar-refractivity contribution is 5.59. The van der Waals surface area contributed by atoms with Gasteiger partial charge in [-0.25, -0.2) is 4.98 Å². The standard InChI is InChI=1S/C12H20N6O2/c1-13-12-14-7-10(18(19)20)11(15-12)17(3)9-5-4-6-16(2)8-9/h7,9H,4-6,8H2,1-3H3,(H,13,14,15). The summed E-state index contributed by atoms with van der Waals surface area (Å²) in [6.07, 6.45) is 3.36. The highest BCUT2D eigenvalue weighted by Gasteiger charge is 2.28. The van der Waals surface area contributed by atoms with Gasteiger partial charge in [-0.2, -0.15) is 4.98 Å². The van der Waals surface area contributed by atoms with Crippen molar-refractivity contribution in [3.05, 3.63) is 16.3 Å². The van der Waals surface area contributed by atoms with Gasteiger partial charge in [0.05, 0.1) is 4.92 Å². The van der Waals surface area contributed by atoms with Crippen LogP contribution in [0.25, 0.3) is 0 Å². The lowest BCUT2D eigenvalue weighted by atomic mass is 10.1. The monoisotopic (exact) mass is 280 g/mol. The zero-order chi connectivity index (χ0) is 14.7. The van der Waals surface area contributed by atoms with Crippen molar-refractivity contribution in [3.63, 3.8) is 0 Å². The van der Waals surface area contributed by atoms with E-state index in [4.69, 9.17) is 0 Å². The Hall–Kier alpha value is -1.96. The topological polar surface area (TPSA) is 87.4 Å². The quantitative estimate of drug-likeness (QED) is 0.649. The van der Waals surface area contributed by atoms with Crippen molar-refractivity contribution in [2.24, 2.45) is 0 Å². The molecule has 1 unspecified atom stereocenters. The third-order valence-electron chi connectivity index (χ3n) is 3.65. The molecule has 2 heterocycles. The number of likely N-dealkylation sites (tertiary alicyclic amines) is 1. The lowest BCUT2D eigenvalue weighted by molar-refractivity contribution is -0.384. The van der Waals surface area contributed by atoms with E-state index < -0.39 is 4.92 Å². The second-order valence-electron chi connectivity index (χ2n) is 5.08.